The number of methoxy groups -OCH3 is 2. The van der Waals surface area contributed by atoms with E-state index in [-0.39, 0.29) is 11.5 Å². The predicted molar refractivity (Wildman–Crippen MR) is 83.7 cm³/mol. The standard InChI is InChI=1S/C17H27NO3/c1-12-5-6-16(20-2)13(9-12)14(11-18)15(19)10-17(21-3)7-4-8-17/h5-6,9,14-15,19H,4,7-8,10-11,18H2,1-3H3. The fourth-order valence-corrected chi connectivity index (χ4v) is 3.22. The van der Waals surface area contributed by atoms with Crippen molar-refractivity contribution in [1.82, 2.24) is 0 Å². The summed E-state index contributed by atoms with van der Waals surface area (Å²) in [7, 11) is 3.38. The zero-order chi connectivity index (χ0) is 15.5. The summed E-state index contributed by atoms with van der Waals surface area (Å²) in [5.74, 6) is 0.655. The highest BCUT2D eigenvalue weighted by molar-refractivity contribution is 5.40. The van der Waals surface area contributed by atoms with Crippen molar-refractivity contribution in [3.05, 3.63) is 29.3 Å². The van der Waals surface area contributed by atoms with E-state index in [0.717, 1.165) is 29.7 Å². The van der Waals surface area contributed by atoms with Crippen molar-refractivity contribution in [2.24, 2.45) is 5.73 Å². The van der Waals surface area contributed by atoms with Crippen LogP contribution in [0, 0.1) is 6.92 Å². The number of aryl methyl sites for hydroxylation is 1. The van der Waals surface area contributed by atoms with Gasteiger partial charge < -0.3 is 20.3 Å². The highest BCUT2D eigenvalue weighted by Gasteiger charge is 2.40. The molecule has 118 valence electrons. The molecule has 1 aromatic rings. The number of aliphatic hydroxyl groups excluding tert-OH is 1. The third kappa shape index (κ3) is 3.39. The summed E-state index contributed by atoms with van der Waals surface area (Å²) in [6.45, 7) is 2.42. The fraction of sp³-hybridized carbons (Fsp3) is 0.647. The van der Waals surface area contributed by atoms with Gasteiger partial charge in [-0.15, -0.1) is 0 Å². The molecule has 0 bridgehead atoms. The maximum atomic E-state index is 10.7. The second-order valence-corrected chi connectivity index (χ2v) is 6.10. The molecule has 1 aliphatic rings. The molecule has 2 unspecified atom stereocenters. The largest absolute Gasteiger partial charge is 0.496 e. The van der Waals surface area contributed by atoms with E-state index in [1.165, 1.54) is 6.42 Å². The second kappa shape index (κ2) is 6.77. The highest BCUT2D eigenvalue weighted by atomic mass is 16.5. The van der Waals surface area contributed by atoms with E-state index in [2.05, 4.69) is 6.07 Å². The molecule has 0 aromatic heterocycles. The van der Waals surface area contributed by atoms with Crippen LogP contribution in [0.3, 0.4) is 0 Å². The van der Waals surface area contributed by atoms with Crippen molar-refractivity contribution in [3.63, 3.8) is 0 Å². The smallest absolute Gasteiger partial charge is 0.122 e. The van der Waals surface area contributed by atoms with Gasteiger partial charge >= 0.3 is 0 Å². The topological polar surface area (TPSA) is 64.7 Å². The lowest BCUT2D eigenvalue weighted by Crippen LogP contribution is -2.44. The normalized spacial score (nSPS) is 19.7. The third-order valence-electron chi connectivity index (χ3n) is 4.78. The van der Waals surface area contributed by atoms with Gasteiger partial charge in [-0.25, -0.2) is 0 Å². The van der Waals surface area contributed by atoms with Gasteiger partial charge in [0.05, 0.1) is 18.8 Å². The highest BCUT2D eigenvalue weighted by Crippen LogP contribution is 2.41. The molecule has 0 amide bonds. The van der Waals surface area contributed by atoms with Crippen molar-refractivity contribution < 1.29 is 14.6 Å². The Morgan fingerprint density at radius 2 is 2.05 bits per heavy atom. The third-order valence-corrected chi connectivity index (χ3v) is 4.78. The average molecular weight is 293 g/mol. The van der Waals surface area contributed by atoms with Gasteiger partial charge in [0.25, 0.3) is 0 Å². The number of benzene rings is 1. The van der Waals surface area contributed by atoms with Crippen LogP contribution in [0.25, 0.3) is 0 Å². The summed E-state index contributed by atoms with van der Waals surface area (Å²) in [6, 6.07) is 6.00. The molecule has 1 saturated carbocycles. The van der Waals surface area contributed by atoms with Gasteiger partial charge in [-0.1, -0.05) is 17.7 Å². The lowest BCUT2D eigenvalue weighted by molar-refractivity contribution is -0.102. The number of rotatable bonds is 7. The number of nitrogens with two attached hydrogens (primary N) is 1. The lowest BCUT2D eigenvalue weighted by Gasteiger charge is -2.43. The van der Waals surface area contributed by atoms with Crippen molar-refractivity contribution in [2.45, 2.75) is 50.2 Å². The monoisotopic (exact) mass is 293 g/mol. The lowest BCUT2D eigenvalue weighted by atomic mass is 9.73. The Morgan fingerprint density at radius 1 is 1.33 bits per heavy atom. The molecule has 1 aliphatic carbocycles. The van der Waals surface area contributed by atoms with Gasteiger partial charge in [0.2, 0.25) is 0 Å². The zero-order valence-electron chi connectivity index (χ0n) is 13.3. The molecule has 1 aromatic carbocycles. The van der Waals surface area contributed by atoms with Crippen molar-refractivity contribution in [2.75, 3.05) is 20.8 Å². The summed E-state index contributed by atoms with van der Waals surface area (Å²) < 4.78 is 11.1. The maximum absolute atomic E-state index is 10.7. The van der Waals surface area contributed by atoms with E-state index in [1.54, 1.807) is 14.2 Å². The quantitative estimate of drug-likeness (QED) is 0.810. The molecular weight excluding hydrogens is 266 g/mol. The minimum atomic E-state index is -0.522. The van der Waals surface area contributed by atoms with Crippen LogP contribution in [0.4, 0.5) is 0 Å². The second-order valence-electron chi connectivity index (χ2n) is 6.10. The summed E-state index contributed by atoms with van der Waals surface area (Å²) >= 11 is 0. The zero-order valence-corrected chi connectivity index (χ0v) is 13.3. The van der Waals surface area contributed by atoms with E-state index in [9.17, 15) is 5.11 Å². The number of hydrogen-bond donors (Lipinski definition) is 2. The Labute approximate surface area is 127 Å². The van der Waals surface area contributed by atoms with Gasteiger partial charge in [-0.3, -0.25) is 0 Å². The van der Waals surface area contributed by atoms with Crippen LogP contribution in [-0.4, -0.2) is 37.6 Å². The summed E-state index contributed by atoms with van der Waals surface area (Å²) in [5.41, 5.74) is 7.90. The maximum Gasteiger partial charge on any atom is 0.122 e. The Hall–Kier alpha value is -1.10. The Bertz CT molecular complexity index is 466. The van der Waals surface area contributed by atoms with Gasteiger partial charge in [0.15, 0.2) is 0 Å². The molecule has 0 heterocycles. The van der Waals surface area contributed by atoms with Gasteiger partial charge in [-0.2, -0.15) is 0 Å². The summed E-state index contributed by atoms with van der Waals surface area (Å²) in [6.07, 6.45) is 3.31. The average Bonchev–Trinajstić information content (AvgIpc) is 2.44. The van der Waals surface area contributed by atoms with Gasteiger partial charge in [0, 0.05) is 31.6 Å². The molecular formula is C17H27NO3. The van der Waals surface area contributed by atoms with Crippen LogP contribution in [0.15, 0.2) is 18.2 Å². The molecule has 2 atom stereocenters. The predicted octanol–water partition coefficient (Wildman–Crippen LogP) is 2.37. The minimum Gasteiger partial charge on any atom is -0.496 e. The molecule has 0 radical (unpaired) electrons. The van der Waals surface area contributed by atoms with E-state index >= 15 is 0 Å². The molecule has 3 N–H and O–H groups in total. The minimum absolute atomic E-state index is 0.132. The van der Waals surface area contributed by atoms with Gasteiger partial charge in [0.1, 0.15) is 5.75 Å². The Kier molecular flexibility index (Phi) is 5.25. The van der Waals surface area contributed by atoms with Crippen LogP contribution < -0.4 is 10.5 Å². The molecule has 0 saturated heterocycles. The van der Waals surface area contributed by atoms with E-state index in [1.807, 2.05) is 19.1 Å². The van der Waals surface area contributed by atoms with E-state index < -0.39 is 6.10 Å². The molecule has 21 heavy (non-hydrogen) atoms. The van der Waals surface area contributed by atoms with Crippen molar-refractivity contribution >= 4 is 0 Å². The molecule has 0 spiro atoms. The van der Waals surface area contributed by atoms with Crippen molar-refractivity contribution in [1.29, 1.82) is 0 Å². The first-order valence-corrected chi connectivity index (χ1v) is 7.63. The molecule has 0 aliphatic heterocycles. The van der Waals surface area contributed by atoms with Crippen LogP contribution in [-0.2, 0) is 4.74 Å². The number of hydrogen-bond acceptors (Lipinski definition) is 4. The molecule has 2 rings (SSSR count). The van der Waals surface area contributed by atoms with Crippen molar-refractivity contribution in [3.8, 4) is 5.75 Å². The number of ether oxygens (including phenoxy) is 2. The van der Waals surface area contributed by atoms with Crippen LogP contribution in [0.2, 0.25) is 0 Å². The van der Waals surface area contributed by atoms with Crippen LogP contribution in [0.1, 0.15) is 42.7 Å². The van der Waals surface area contributed by atoms with Crippen LogP contribution >= 0.6 is 0 Å². The van der Waals surface area contributed by atoms with E-state index in [4.69, 9.17) is 15.2 Å². The first-order valence-electron chi connectivity index (χ1n) is 7.63. The summed E-state index contributed by atoms with van der Waals surface area (Å²) in [4.78, 5) is 0. The molecule has 4 heteroatoms. The van der Waals surface area contributed by atoms with E-state index in [0.29, 0.717) is 13.0 Å². The number of aliphatic hydroxyl groups is 1. The molecule has 4 nitrogen and oxygen atoms in total. The summed E-state index contributed by atoms with van der Waals surface area (Å²) in [5, 5.41) is 10.7. The SMILES string of the molecule is COc1ccc(C)cc1C(CN)C(O)CC1(OC)CCC1. The first-order chi connectivity index (χ1) is 10.0. The molecule has 1 fully saturated rings. The first kappa shape index (κ1) is 16.3. The Balaban J connectivity index is 2.20. The van der Waals surface area contributed by atoms with Crippen LogP contribution in [0.5, 0.6) is 5.75 Å². The Morgan fingerprint density at radius 3 is 2.52 bits per heavy atom. The van der Waals surface area contributed by atoms with Gasteiger partial charge in [-0.05, 0) is 32.3 Å². The fourth-order valence-electron chi connectivity index (χ4n) is 3.22.